The molecule has 0 radical (unpaired) electrons. The molecule has 4 heteroatoms. The zero-order chi connectivity index (χ0) is 47.3. The molecule has 0 N–H and O–H groups in total. The Hall–Kier alpha value is -8.86. The van der Waals surface area contributed by atoms with Crippen LogP contribution in [-0.2, 0) is 0 Å². The van der Waals surface area contributed by atoms with Crippen molar-refractivity contribution in [2.24, 2.45) is 15.9 Å². The van der Waals surface area contributed by atoms with Gasteiger partial charge in [0, 0.05) is 39.1 Å². The molecule has 1 aliphatic rings. The largest absolute Gasteiger partial charge is 0.311 e. The maximum atomic E-state index is 5.60. The van der Waals surface area contributed by atoms with Crippen molar-refractivity contribution in [3.63, 3.8) is 0 Å². The minimum absolute atomic E-state index is 0.0743. The smallest absolute Gasteiger partial charge is 0.155 e. The van der Waals surface area contributed by atoms with Crippen molar-refractivity contribution in [2.75, 3.05) is 4.90 Å². The normalized spacial score (nSPS) is 15.2. The number of para-hydroxylation sites is 3. The zero-order valence-corrected chi connectivity index (χ0v) is 39.5. The van der Waals surface area contributed by atoms with Crippen molar-refractivity contribution in [3.05, 3.63) is 265 Å². The van der Waals surface area contributed by atoms with Crippen LogP contribution in [0.25, 0.3) is 70.9 Å². The van der Waals surface area contributed by atoms with Crippen molar-refractivity contribution in [1.29, 1.82) is 0 Å². The maximum absolute atomic E-state index is 5.60. The number of rotatable bonds is 8. The molecule has 1 aliphatic heterocycles. The van der Waals surface area contributed by atoms with Crippen LogP contribution in [0.1, 0.15) is 42.5 Å². The van der Waals surface area contributed by atoms with E-state index >= 15 is 0 Å². The molecule has 0 aliphatic carbocycles. The molecule has 13 rings (SSSR count). The van der Waals surface area contributed by atoms with Gasteiger partial charge in [-0.05, 0) is 146 Å². The first-order chi connectivity index (χ1) is 35.1. The Bertz CT molecular complexity index is 3950. The molecule has 338 valence electrons. The number of aliphatic imine (C=N–C) groups is 2. The lowest BCUT2D eigenvalue weighted by molar-refractivity contribution is 0.446. The minimum atomic E-state index is -0.0743. The summed E-state index contributed by atoms with van der Waals surface area (Å²) < 4.78 is 2.45. The molecule has 0 fully saturated rings. The Labute approximate surface area is 414 Å². The van der Waals surface area contributed by atoms with Crippen molar-refractivity contribution >= 4 is 82.7 Å². The third-order valence-electron chi connectivity index (χ3n) is 14.6. The summed E-state index contributed by atoms with van der Waals surface area (Å²) >= 11 is 0. The number of amidine groups is 1. The van der Waals surface area contributed by atoms with Crippen molar-refractivity contribution in [1.82, 2.24) is 4.57 Å². The van der Waals surface area contributed by atoms with E-state index in [2.05, 4.69) is 265 Å². The van der Waals surface area contributed by atoms with E-state index in [0.29, 0.717) is 0 Å². The van der Waals surface area contributed by atoms with Gasteiger partial charge in [0.1, 0.15) is 0 Å². The fraction of sp³-hybridized carbons (Fsp3) is 0.0746. The van der Waals surface area contributed by atoms with E-state index in [4.69, 9.17) is 9.98 Å². The van der Waals surface area contributed by atoms with Crippen LogP contribution in [0.4, 0.5) is 17.1 Å². The highest BCUT2D eigenvalue weighted by atomic mass is 15.1. The monoisotopic (exact) mass is 910 g/mol. The molecule has 12 aromatic rings. The zero-order valence-electron chi connectivity index (χ0n) is 39.5. The standard InChI is InChI=1S/C67H50N4/c1-45-30-40-63(47-18-6-2-7-19-47)68-67(48-20-8-3-9-21-48)69-66(45)50-33-38-57-55-26-14-15-27-56(55)58-39-37-54(44-61(58)60(57)43-50)71-64-29-17-16-28-59(64)62-42-49(34-41-65(62)71)46-31-35-53(36-32-46)70(51-22-10-4-11-23-51)52-24-12-5-13-25-52/h2-29,31-39,41-45,66H,30,40H2,1H3. The van der Waals surface area contributed by atoms with Gasteiger partial charge in [0.2, 0.25) is 0 Å². The summed E-state index contributed by atoms with van der Waals surface area (Å²) in [6.45, 7) is 2.36. The van der Waals surface area contributed by atoms with Gasteiger partial charge in [0.15, 0.2) is 5.84 Å². The van der Waals surface area contributed by atoms with Gasteiger partial charge in [-0.25, -0.2) is 4.99 Å². The van der Waals surface area contributed by atoms with E-state index in [1.165, 1.54) is 70.8 Å². The predicted molar refractivity (Wildman–Crippen MR) is 301 cm³/mol. The first-order valence-corrected chi connectivity index (χ1v) is 24.8. The van der Waals surface area contributed by atoms with E-state index in [9.17, 15) is 0 Å². The van der Waals surface area contributed by atoms with E-state index in [1.807, 2.05) is 0 Å². The Morgan fingerprint density at radius 1 is 0.394 bits per heavy atom. The lowest BCUT2D eigenvalue weighted by Crippen LogP contribution is -2.18. The van der Waals surface area contributed by atoms with Crippen molar-refractivity contribution < 1.29 is 0 Å². The van der Waals surface area contributed by atoms with Crippen LogP contribution in [0.15, 0.2) is 259 Å². The summed E-state index contributed by atoms with van der Waals surface area (Å²) in [6.07, 6.45) is 1.86. The second-order valence-electron chi connectivity index (χ2n) is 18.9. The van der Waals surface area contributed by atoms with E-state index in [-0.39, 0.29) is 12.0 Å². The fourth-order valence-electron chi connectivity index (χ4n) is 11.1. The van der Waals surface area contributed by atoms with Crippen molar-refractivity contribution in [3.8, 4) is 16.8 Å². The third kappa shape index (κ3) is 7.65. The Balaban J connectivity index is 0.936. The summed E-state index contributed by atoms with van der Waals surface area (Å²) in [5, 5.41) is 9.94. The van der Waals surface area contributed by atoms with Gasteiger partial charge in [0.05, 0.1) is 22.8 Å². The van der Waals surface area contributed by atoms with Crippen LogP contribution < -0.4 is 4.90 Å². The summed E-state index contributed by atoms with van der Waals surface area (Å²) in [6, 6.07) is 90.0. The molecule has 2 heterocycles. The average molecular weight is 911 g/mol. The van der Waals surface area contributed by atoms with E-state index in [0.717, 1.165) is 58.3 Å². The second-order valence-corrected chi connectivity index (χ2v) is 18.9. The van der Waals surface area contributed by atoms with Crippen LogP contribution in [0, 0.1) is 5.92 Å². The van der Waals surface area contributed by atoms with Gasteiger partial charge in [-0.3, -0.25) is 4.99 Å². The lowest BCUT2D eigenvalue weighted by atomic mass is 9.86. The van der Waals surface area contributed by atoms with Crippen LogP contribution in [0.3, 0.4) is 0 Å². The van der Waals surface area contributed by atoms with Gasteiger partial charge >= 0.3 is 0 Å². The number of hydrogen-bond acceptors (Lipinski definition) is 3. The van der Waals surface area contributed by atoms with E-state index in [1.54, 1.807) is 0 Å². The molecule has 0 saturated carbocycles. The number of anilines is 3. The van der Waals surface area contributed by atoms with Crippen LogP contribution in [0.5, 0.6) is 0 Å². The summed E-state index contributed by atoms with van der Waals surface area (Å²) in [4.78, 5) is 13.2. The molecule has 71 heavy (non-hydrogen) atoms. The number of hydrogen-bond donors (Lipinski definition) is 0. The minimum Gasteiger partial charge on any atom is -0.311 e. The predicted octanol–water partition coefficient (Wildman–Crippen LogP) is 17.8. The molecule has 2 atom stereocenters. The number of fused-ring (bicyclic) bond motifs is 9. The first kappa shape index (κ1) is 42.3. The molecule has 11 aromatic carbocycles. The molecular weight excluding hydrogens is 861 g/mol. The van der Waals surface area contributed by atoms with E-state index < -0.39 is 0 Å². The summed E-state index contributed by atoms with van der Waals surface area (Å²) in [5.41, 5.74) is 13.7. The topological polar surface area (TPSA) is 32.9 Å². The highest BCUT2D eigenvalue weighted by Crippen LogP contribution is 2.42. The van der Waals surface area contributed by atoms with Gasteiger partial charge in [-0.2, -0.15) is 0 Å². The molecule has 1 aromatic heterocycles. The number of benzene rings is 11. The molecule has 0 spiro atoms. The number of nitrogens with zero attached hydrogens (tertiary/aromatic N) is 4. The van der Waals surface area contributed by atoms with Crippen LogP contribution >= 0.6 is 0 Å². The molecule has 0 saturated heterocycles. The van der Waals surface area contributed by atoms with Gasteiger partial charge in [0.25, 0.3) is 0 Å². The molecule has 0 amide bonds. The Morgan fingerprint density at radius 2 is 0.915 bits per heavy atom. The first-order valence-electron chi connectivity index (χ1n) is 24.8. The average Bonchev–Trinajstić information content (AvgIpc) is 3.77. The maximum Gasteiger partial charge on any atom is 0.155 e. The third-order valence-corrected chi connectivity index (χ3v) is 14.6. The Kier molecular flexibility index (Phi) is 10.7. The lowest BCUT2D eigenvalue weighted by Gasteiger charge is -2.25. The van der Waals surface area contributed by atoms with Gasteiger partial charge in [-0.15, -0.1) is 0 Å². The highest BCUT2D eigenvalue weighted by Gasteiger charge is 2.25. The Morgan fingerprint density at radius 3 is 1.59 bits per heavy atom. The molecule has 0 bridgehead atoms. The van der Waals surface area contributed by atoms with Gasteiger partial charge < -0.3 is 9.47 Å². The van der Waals surface area contributed by atoms with Gasteiger partial charge in [-0.1, -0.05) is 183 Å². The summed E-state index contributed by atoms with van der Waals surface area (Å²) in [7, 11) is 0. The molecule has 4 nitrogen and oxygen atoms in total. The number of aromatic nitrogens is 1. The second kappa shape index (κ2) is 17.9. The van der Waals surface area contributed by atoms with Crippen molar-refractivity contribution in [2.45, 2.75) is 25.8 Å². The van der Waals surface area contributed by atoms with Crippen LogP contribution in [0.2, 0.25) is 0 Å². The highest BCUT2D eigenvalue weighted by molar-refractivity contribution is 6.26. The fourth-order valence-corrected chi connectivity index (χ4v) is 11.1. The quantitative estimate of drug-likeness (QED) is 0.140. The summed E-state index contributed by atoms with van der Waals surface area (Å²) in [5.74, 6) is 1.07. The SMILES string of the molecule is CC1CCC(c2ccccc2)=NC(c2ccccc2)=NC1c1ccc2c3ccccc3c3ccc(-n4c5ccccc5c5cc(-c6ccc(N(c7ccccc7)c7ccccc7)cc6)ccc54)cc3c2c1. The molecular formula is C67H50N4. The molecule has 2 unspecified atom stereocenters. The van der Waals surface area contributed by atoms with Crippen LogP contribution in [-0.4, -0.2) is 16.1 Å².